The van der Waals surface area contributed by atoms with Crippen LogP contribution in [0.1, 0.15) is 36.7 Å². The lowest BCUT2D eigenvalue weighted by Crippen LogP contribution is -2.27. The summed E-state index contributed by atoms with van der Waals surface area (Å²) in [6.07, 6.45) is 0. The van der Waals surface area contributed by atoms with Crippen molar-refractivity contribution in [3.05, 3.63) is 11.7 Å². The fourth-order valence-electron chi connectivity index (χ4n) is 2.27. The molecule has 7 heteroatoms. The van der Waals surface area contributed by atoms with Gasteiger partial charge in [-0.3, -0.25) is 0 Å². The van der Waals surface area contributed by atoms with E-state index >= 15 is 0 Å². The minimum Gasteiger partial charge on any atom is -0.339 e. The Hall–Kier alpha value is 0.150. The van der Waals surface area contributed by atoms with Gasteiger partial charge in [0.1, 0.15) is 0 Å². The molecule has 2 N–H and O–H groups in total. The Morgan fingerprint density at radius 1 is 1.21 bits per heavy atom. The summed E-state index contributed by atoms with van der Waals surface area (Å²) < 4.78 is 5.46. The lowest BCUT2D eigenvalue weighted by Gasteiger charge is -2.29. The summed E-state index contributed by atoms with van der Waals surface area (Å²) in [5.74, 6) is 4.90. The zero-order chi connectivity index (χ0) is 13.4. The van der Waals surface area contributed by atoms with E-state index in [-0.39, 0.29) is 12.0 Å². The monoisotopic (exact) mass is 317 g/mol. The number of nitrogens with two attached hydrogens (primary N) is 1. The number of thioether (sulfide) groups is 3. The Morgan fingerprint density at radius 2 is 2.05 bits per heavy atom. The Balaban J connectivity index is 1.71. The summed E-state index contributed by atoms with van der Waals surface area (Å²) in [4.78, 5) is 4.62. The van der Waals surface area contributed by atoms with Crippen molar-refractivity contribution in [1.29, 1.82) is 0 Å². The first-order valence-corrected chi connectivity index (χ1v) is 9.73. The molecule has 3 heterocycles. The molecule has 2 aliphatic heterocycles. The van der Waals surface area contributed by atoms with Crippen LogP contribution in [0.3, 0.4) is 0 Å². The standard InChI is InChI=1S/C12H19N3OS3/c1-6-7(2)19-10(5-18-6)11-14-12(16-15-11)8-3-17-4-9(8)13/h6-10H,3-5,13H2,1-2H3. The first-order chi connectivity index (χ1) is 9.15. The third-order valence-electron chi connectivity index (χ3n) is 3.74. The van der Waals surface area contributed by atoms with E-state index in [2.05, 4.69) is 24.0 Å². The van der Waals surface area contributed by atoms with Crippen LogP contribution in [0.15, 0.2) is 4.52 Å². The van der Waals surface area contributed by atoms with Gasteiger partial charge in [0.25, 0.3) is 0 Å². The maximum Gasteiger partial charge on any atom is 0.232 e. The fourth-order valence-corrected chi connectivity index (χ4v) is 6.39. The molecule has 0 radical (unpaired) electrons. The van der Waals surface area contributed by atoms with Crippen LogP contribution in [0.2, 0.25) is 0 Å². The van der Waals surface area contributed by atoms with Crippen LogP contribution in [0.4, 0.5) is 0 Å². The Kier molecular flexibility index (Phi) is 4.36. The summed E-state index contributed by atoms with van der Waals surface area (Å²) >= 11 is 5.83. The van der Waals surface area contributed by atoms with E-state index in [1.54, 1.807) is 0 Å². The first-order valence-electron chi connectivity index (χ1n) is 6.59. The lowest BCUT2D eigenvalue weighted by atomic mass is 10.1. The van der Waals surface area contributed by atoms with E-state index in [9.17, 15) is 0 Å². The smallest absolute Gasteiger partial charge is 0.232 e. The second-order valence-corrected chi connectivity index (χ2v) is 9.24. The molecule has 2 fully saturated rings. The second-order valence-electron chi connectivity index (χ2n) is 5.17. The van der Waals surface area contributed by atoms with Crippen LogP contribution in [0, 0.1) is 0 Å². The number of nitrogens with zero attached hydrogens (tertiary/aromatic N) is 2. The summed E-state index contributed by atoms with van der Waals surface area (Å²) in [7, 11) is 0. The maximum absolute atomic E-state index is 6.08. The highest BCUT2D eigenvalue weighted by Crippen LogP contribution is 2.43. The van der Waals surface area contributed by atoms with Crippen LogP contribution < -0.4 is 5.73 Å². The predicted octanol–water partition coefficient (Wildman–Crippen LogP) is 2.53. The number of rotatable bonds is 2. The minimum absolute atomic E-state index is 0.158. The molecule has 1 aromatic heterocycles. The Morgan fingerprint density at radius 3 is 2.74 bits per heavy atom. The van der Waals surface area contributed by atoms with Crippen molar-refractivity contribution in [2.45, 2.75) is 41.6 Å². The highest BCUT2D eigenvalue weighted by molar-refractivity contribution is 8.07. The molecular formula is C12H19N3OS3. The van der Waals surface area contributed by atoms with Gasteiger partial charge in [0.05, 0.1) is 11.2 Å². The van der Waals surface area contributed by atoms with Gasteiger partial charge in [0.15, 0.2) is 5.82 Å². The molecule has 3 rings (SSSR count). The topological polar surface area (TPSA) is 64.9 Å². The van der Waals surface area contributed by atoms with Gasteiger partial charge in [-0.2, -0.15) is 28.5 Å². The number of aromatic nitrogens is 2. The minimum atomic E-state index is 0.158. The molecule has 106 valence electrons. The molecule has 0 amide bonds. The average Bonchev–Trinajstić information content (AvgIpc) is 3.01. The van der Waals surface area contributed by atoms with E-state index in [0.29, 0.717) is 15.7 Å². The van der Waals surface area contributed by atoms with Gasteiger partial charge >= 0.3 is 0 Å². The van der Waals surface area contributed by atoms with Crippen molar-refractivity contribution < 1.29 is 4.52 Å². The molecule has 2 saturated heterocycles. The number of hydrogen-bond acceptors (Lipinski definition) is 7. The van der Waals surface area contributed by atoms with Crippen molar-refractivity contribution in [3.8, 4) is 0 Å². The lowest BCUT2D eigenvalue weighted by molar-refractivity contribution is 0.348. The predicted molar refractivity (Wildman–Crippen MR) is 84.1 cm³/mol. The van der Waals surface area contributed by atoms with Crippen molar-refractivity contribution >= 4 is 35.3 Å². The molecule has 4 nitrogen and oxygen atoms in total. The molecule has 0 aliphatic carbocycles. The zero-order valence-electron chi connectivity index (χ0n) is 11.1. The summed E-state index contributed by atoms with van der Waals surface area (Å²) in [6, 6.07) is 0.158. The molecule has 19 heavy (non-hydrogen) atoms. The maximum atomic E-state index is 6.08. The van der Waals surface area contributed by atoms with Crippen LogP contribution >= 0.6 is 35.3 Å². The van der Waals surface area contributed by atoms with E-state index in [0.717, 1.165) is 29.0 Å². The fraction of sp³-hybridized carbons (Fsp3) is 0.833. The van der Waals surface area contributed by atoms with Crippen LogP contribution in [0.5, 0.6) is 0 Å². The van der Waals surface area contributed by atoms with Gasteiger partial charge in [-0.05, 0) is 0 Å². The largest absolute Gasteiger partial charge is 0.339 e. The molecule has 1 aromatic rings. The molecule has 5 unspecified atom stereocenters. The van der Waals surface area contributed by atoms with Crippen molar-refractivity contribution in [3.63, 3.8) is 0 Å². The quantitative estimate of drug-likeness (QED) is 0.899. The second kappa shape index (κ2) is 5.87. The molecule has 0 bridgehead atoms. The molecule has 5 atom stereocenters. The van der Waals surface area contributed by atoms with E-state index in [1.165, 1.54) is 0 Å². The highest BCUT2D eigenvalue weighted by Gasteiger charge is 2.34. The molecule has 0 saturated carbocycles. The Bertz CT molecular complexity index is 442. The van der Waals surface area contributed by atoms with Crippen molar-refractivity contribution in [1.82, 2.24) is 10.1 Å². The van der Waals surface area contributed by atoms with Gasteiger partial charge in [-0.25, -0.2) is 0 Å². The van der Waals surface area contributed by atoms with Crippen LogP contribution in [-0.4, -0.2) is 43.9 Å². The first kappa shape index (κ1) is 14.1. The van der Waals surface area contributed by atoms with Gasteiger partial charge < -0.3 is 10.3 Å². The third-order valence-corrected chi connectivity index (χ3v) is 8.34. The van der Waals surface area contributed by atoms with Gasteiger partial charge in [0.2, 0.25) is 5.89 Å². The molecule has 2 aliphatic rings. The van der Waals surface area contributed by atoms with Crippen molar-refractivity contribution in [2.75, 3.05) is 17.3 Å². The molecular weight excluding hydrogens is 298 g/mol. The summed E-state index contributed by atoms with van der Waals surface area (Å²) in [5.41, 5.74) is 6.08. The van der Waals surface area contributed by atoms with Crippen molar-refractivity contribution in [2.24, 2.45) is 5.73 Å². The van der Waals surface area contributed by atoms with Gasteiger partial charge in [0, 0.05) is 33.8 Å². The normalized spacial score (nSPS) is 39.6. The van der Waals surface area contributed by atoms with Gasteiger partial charge in [-0.15, -0.1) is 11.8 Å². The summed E-state index contributed by atoms with van der Waals surface area (Å²) in [5, 5.41) is 5.89. The van der Waals surface area contributed by atoms with Crippen LogP contribution in [0.25, 0.3) is 0 Å². The highest BCUT2D eigenvalue weighted by atomic mass is 32.2. The van der Waals surface area contributed by atoms with E-state index in [4.69, 9.17) is 10.3 Å². The SMILES string of the molecule is CC1SCC(c2noc(C3CSCC3N)n2)SC1C. The van der Waals surface area contributed by atoms with Gasteiger partial charge in [-0.1, -0.05) is 19.0 Å². The summed E-state index contributed by atoms with van der Waals surface area (Å²) in [6.45, 7) is 4.56. The molecule has 0 spiro atoms. The number of hydrogen-bond donors (Lipinski definition) is 1. The Labute approximate surface area is 126 Å². The zero-order valence-corrected chi connectivity index (χ0v) is 13.6. The average molecular weight is 318 g/mol. The molecule has 0 aromatic carbocycles. The van der Waals surface area contributed by atoms with Crippen LogP contribution in [-0.2, 0) is 0 Å². The third kappa shape index (κ3) is 2.94. The van der Waals surface area contributed by atoms with E-state index < -0.39 is 0 Å². The van der Waals surface area contributed by atoms with E-state index in [1.807, 2.05) is 35.3 Å².